The first-order chi connectivity index (χ1) is 23.2. The number of morpholine rings is 1. The average Bonchev–Trinajstić information content (AvgIpc) is 3.87. The van der Waals surface area contributed by atoms with Crippen molar-refractivity contribution in [3.63, 3.8) is 0 Å². The Morgan fingerprint density at radius 1 is 0.917 bits per heavy atom. The molecule has 2 bridgehead atoms. The molecular weight excluding hydrogens is 616 g/mol. The Morgan fingerprint density at radius 3 is 2.35 bits per heavy atom. The first-order valence-corrected chi connectivity index (χ1v) is 16.8. The molecule has 3 aliphatic heterocycles. The molecule has 5 N–H and O–H groups in total. The molecule has 0 aromatic heterocycles. The van der Waals surface area contributed by atoms with Crippen LogP contribution in [0.5, 0.6) is 5.75 Å². The highest BCUT2D eigenvalue weighted by atomic mass is 16.5. The molecule has 13 nitrogen and oxygen atoms in total. The summed E-state index contributed by atoms with van der Waals surface area (Å²) in [6, 6.07) is 13.4. The second-order valence-corrected chi connectivity index (χ2v) is 12.7. The number of rotatable bonds is 7. The molecule has 1 saturated heterocycles. The van der Waals surface area contributed by atoms with Crippen molar-refractivity contribution in [3.8, 4) is 5.75 Å². The van der Waals surface area contributed by atoms with E-state index in [4.69, 9.17) is 9.47 Å². The van der Waals surface area contributed by atoms with E-state index in [-0.39, 0.29) is 44.2 Å². The third-order valence-corrected chi connectivity index (χ3v) is 8.87. The maximum atomic E-state index is 13.6. The summed E-state index contributed by atoms with van der Waals surface area (Å²) in [4.78, 5) is 68.9. The highest BCUT2D eigenvalue weighted by Crippen LogP contribution is 2.35. The van der Waals surface area contributed by atoms with Crippen LogP contribution in [0, 0.1) is 0 Å². The summed E-state index contributed by atoms with van der Waals surface area (Å²) in [6.07, 6.45) is 2.21. The van der Waals surface area contributed by atoms with Crippen LogP contribution in [0.1, 0.15) is 43.7 Å². The van der Waals surface area contributed by atoms with Gasteiger partial charge in [0.1, 0.15) is 36.0 Å². The van der Waals surface area contributed by atoms with Crippen LogP contribution in [0.25, 0.3) is 0 Å². The van der Waals surface area contributed by atoms with Crippen LogP contribution in [0.2, 0.25) is 0 Å². The van der Waals surface area contributed by atoms with Crippen molar-refractivity contribution in [2.24, 2.45) is 0 Å². The lowest BCUT2D eigenvalue weighted by Gasteiger charge is -2.26. The third kappa shape index (κ3) is 10.0. The van der Waals surface area contributed by atoms with Gasteiger partial charge in [-0.2, -0.15) is 0 Å². The number of nitrogens with zero attached hydrogens (tertiary/aromatic N) is 1. The summed E-state index contributed by atoms with van der Waals surface area (Å²) >= 11 is 0. The molecule has 2 aromatic carbocycles. The van der Waals surface area contributed by atoms with Crippen molar-refractivity contribution in [3.05, 3.63) is 65.7 Å². The fourth-order valence-electron chi connectivity index (χ4n) is 5.82. The summed E-state index contributed by atoms with van der Waals surface area (Å²) in [5, 5.41) is 14.1. The molecule has 1 aliphatic carbocycles. The van der Waals surface area contributed by atoms with E-state index < -0.39 is 41.4 Å². The summed E-state index contributed by atoms with van der Waals surface area (Å²) < 4.78 is 11.2. The van der Waals surface area contributed by atoms with Gasteiger partial charge < -0.3 is 36.1 Å². The van der Waals surface area contributed by atoms with Crippen molar-refractivity contribution in [1.29, 1.82) is 0 Å². The molecule has 1 saturated carbocycles. The predicted octanol–water partition coefficient (Wildman–Crippen LogP) is 0.216. The topological polar surface area (TPSA) is 167 Å². The average molecular weight is 663 g/mol. The first-order valence-electron chi connectivity index (χ1n) is 16.8. The number of hydrogen-bond acceptors (Lipinski definition) is 8. The highest BCUT2D eigenvalue weighted by molar-refractivity contribution is 5.98. The van der Waals surface area contributed by atoms with Crippen molar-refractivity contribution >= 4 is 29.5 Å². The van der Waals surface area contributed by atoms with E-state index in [0.29, 0.717) is 38.2 Å². The molecule has 1 spiro atoms. The van der Waals surface area contributed by atoms with Gasteiger partial charge in [-0.1, -0.05) is 42.5 Å². The number of carbonyl (C=O) groups is 5. The molecule has 6 rings (SSSR count). The molecule has 258 valence electrons. The lowest BCUT2D eigenvalue weighted by Crippen LogP contribution is -2.59. The van der Waals surface area contributed by atoms with Crippen LogP contribution in [0.4, 0.5) is 0 Å². The smallest absolute Gasteiger partial charge is 0.245 e. The van der Waals surface area contributed by atoms with Gasteiger partial charge in [0.2, 0.25) is 29.5 Å². The van der Waals surface area contributed by atoms with Gasteiger partial charge in [-0.05, 0) is 56.0 Å². The van der Waals surface area contributed by atoms with Crippen LogP contribution in [0.15, 0.2) is 54.6 Å². The molecule has 5 amide bonds. The lowest BCUT2D eigenvalue weighted by molar-refractivity contribution is -0.134. The van der Waals surface area contributed by atoms with Crippen molar-refractivity contribution in [2.45, 2.75) is 69.1 Å². The molecule has 0 unspecified atom stereocenters. The van der Waals surface area contributed by atoms with E-state index in [1.165, 1.54) is 6.92 Å². The van der Waals surface area contributed by atoms with Gasteiger partial charge in [0.25, 0.3) is 0 Å². The van der Waals surface area contributed by atoms with E-state index in [9.17, 15) is 24.0 Å². The zero-order chi connectivity index (χ0) is 33.9. The second kappa shape index (κ2) is 16.6. The normalized spacial score (nSPS) is 24.0. The van der Waals surface area contributed by atoms with Gasteiger partial charge >= 0.3 is 0 Å². The minimum Gasteiger partial charge on any atom is -0.492 e. The Hall–Kier alpha value is -4.49. The fourth-order valence-corrected chi connectivity index (χ4v) is 5.82. The summed E-state index contributed by atoms with van der Waals surface area (Å²) in [5.41, 5.74) is 0.552. The van der Waals surface area contributed by atoms with E-state index in [1.807, 2.05) is 42.5 Å². The largest absolute Gasteiger partial charge is 0.492 e. The van der Waals surface area contributed by atoms with E-state index in [0.717, 1.165) is 30.8 Å². The van der Waals surface area contributed by atoms with Crippen molar-refractivity contribution in [1.82, 2.24) is 31.5 Å². The summed E-state index contributed by atoms with van der Waals surface area (Å²) in [5.74, 6) is -1.56. The molecule has 2 fully saturated rings. The number of nitrogens with one attached hydrogen (secondary N) is 5. The Kier molecular flexibility index (Phi) is 12.0. The molecule has 3 atom stereocenters. The van der Waals surface area contributed by atoms with Gasteiger partial charge in [0.05, 0.1) is 19.8 Å². The van der Waals surface area contributed by atoms with Gasteiger partial charge in [-0.3, -0.25) is 28.9 Å². The molecular formula is C35H46N6O7. The molecule has 13 heteroatoms. The van der Waals surface area contributed by atoms with E-state index in [1.54, 1.807) is 12.1 Å². The molecule has 0 radical (unpaired) electrons. The highest BCUT2D eigenvalue weighted by Gasteiger charge is 2.51. The zero-order valence-corrected chi connectivity index (χ0v) is 27.4. The van der Waals surface area contributed by atoms with Gasteiger partial charge in [0.15, 0.2) is 0 Å². The quantitative estimate of drug-likeness (QED) is 0.263. The van der Waals surface area contributed by atoms with Gasteiger partial charge in [0, 0.05) is 32.4 Å². The van der Waals surface area contributed by atoms with E-state index in [2.05, 4.69) is 31.5 Å². The van der Waals surface area contributed by atoms with Gasteiger partial charge in [-0.15, -0.1) is 0 Å². The number of hydrogen-bond donors (Lipinski definition) is 5. The number of carbonyl (C=O) groups excluding carboxylic acids is 5. The van der Waals surface area contributed by atoms with Crippen molar-refractivity contribution < 1.29 is 33.4 Å². The first kappa shape index (κ1) is 34.8. The van der Waals surface area contributed by atoms with E-state index >= 15 is 0 Å². The third-order valence-electron chi connectivity index (χ3n) is 8.87. The Bertz CT molecular complexity index is 1430. The minimum absolute atomic E-state index is 0.184. The SMILES string of the molecule is C[C@@H]1NC(=O)[C@@H](NC(=O)CCCN2CCOCC2)Cc2ccc(cc2)OCCNC(=O)C2(CC2)NC(=O)[C@@H](Cc2ccccc2)NC1=O. The summed E-state index contributed by atoms with van der Waals surface area (Å²) in [7, 11) is 0. The predicted molar refractivity (Wildman–Crippen MR) is 177 cm³/mol. The maximum Gasteiger partial charge on any atom is 0.245 e. The maximum absolute atomic E-state index is 13.6. The lowest BCUT2D eigenvalue weighted by atomic mass is 10.0. The van der Waals surface area contributed by atoms with Crippen LogP contribution in [0.3, 0.4) is 0 Å². The summed E-state index contributed by atoms with van der Waals surface area (Å²) in [6.45, 7) is 5.75. The van der Waals surface area contributed by atoms with Crippen LogP contribution < -0.4 is 31.3 Å². The second-order valence-electron chi connectivity index (χ2n) is 12.7. The molecule has 3 heterocycles. The molecule has 2 aromatic rings. The Labute approximate surface area is 280 Å². The minimum atomic E-state index is -1.05. The fraction of sp³-hybridized carbons (Fsp3) is 0.514. The number of benzene rings is 2. The molecule has 4 aliphatic rings. The standard InChI is InChI=1S/C35H46N6O7/c1-24-31(43)39-29(22-25-6-3-2-4-7-25)33(45)40-35(13-14-35)34(46)36-15-19-48-27-11-9-26(10-12-27)23-28(32(44)37-24)38-30(42)8-5-16-41-17-20-47-21-18-41/h2-4,6-7,9-12,24,28-29H,5,8,13-23H2,1H3,(H,36,46)(H,37,44)(H,38,42)(H,39,43)(H,40,45)/t24-,28-,29+/m0/s1. The van der Waals surface area contributed by atoms with Crippen LogP contribution in [-0.4, -0.2) is 104 Å². The number of ether oxygens (including phenoxy) is 2. The molecule has 48 heavy (non-hydrogen) atoms. The van der Waals surface area contributed by atoms with Crippen LogP contribution in [-0.2, 0) is 41.6 Å². The Balaban J connectivity index is 1.30. The number of fused-ring (bicyclic) bond motifs is 15. The van der Waals surface area contributed by atoms with Gasteiger partial charge in [-0.25, -0.2) is 0 Å². The van der Waals surface area contributed by atoms with Crippen molar-refractivity contribution in [2.75, 3.05) is 46.0 Å². The Morgan fingerprint density at radius 2 is 1.65 bits per heavy atom. The van der Waals surface area contributed by atoms with Crippen LogP contribution >= 0.6 is 0 Å². The zero-order valence-electron chi connectivity index (χ0n) is 27.4. The number of amides is 5. The monoisotopic (exact) mass is 662 g/mol.